The van der Waals surface area contributed by atoms with Gasteiger partial charge in [-0.1, -0.05) is 42.5 Å². The zero-order valence-electron chi connectivity index (χ0n) is 17.8. The van der Waals surface area contributed by atoms with Gasteiger partial charge in [-0.15, -0.1) is 11.3 Å². The van der Waals surface area contributed by atoms with Gasteiger partial charge in [-0.3, -0.25) is 20.2 Å². The van der Waals surface area contributed by atoms with Crippen molar-refractivity contribution in [1.29, 1.82) is 0 Å². The number of nitrogens with zero attached hydrogens (tertiary/aromatic N) is 5. The Hall–Kier alpha value is -4.84. The van der Waals surface area contributed by atoms with E-state index in [0.29, 0.717) is 16.2 Å². The number of ether oxygens (including phenoxy) is 2. The lowest BCUT2D eigenvalue weighted by Crippen LogP contribution is -2.12. The Morgan fingerprint density at radius 2 is 1.60 bits per heavy atom. The fourth-order valence-corrected chi connectivity index (χ4v) is 4.29. The van der Waals surface area contributed by atoms with E-state index in [9.17, 15) is 20.2 Å². The van der Waals surface area contributed by atoms with Gasteiger partial charge in [0.2, 0.25) is 11.6 Å². The normalized spacial score (nSPS) is 12.9. The summed E-state index contributed by atoms with van der Waals surface area (Å²) in [4.78, 5) is 26.9. The molecule has 0 bridgehead atoms. The van der Waals surface area contributed by atoms with Crippen LogP contribution < -0.4 is 14.3 Å². The van der Waals surface area contributed by atoms with E-state index in [1.54, 1.807) is 12.1 Å². The molecule has 12 heteroatoms. The maximum absolute atomic E-state index is 11.6. The largest absolute Gasteiger partial charge is 0.454 e. The maximum atomic E-state index is 11.6. The molecular weight excluding hydrogens is 474 g/mol. The molecule has 0 unspecified atom stereocenters. The number of nitro groups is 2. The number of aromatic nitrogens is 1. The van der Waals surface area contributed by atoms with Crippen LogP contribution in [0.15, 0.2) is 82.2 Å². The molecule has 35 heavy (non-hydrogen) atoms. The zero-order chi connectivity index (χ0) is 24.4. The number of fused-ring (bicyclic) bond motifs is 1. The van der Waals surface area contributed by atoms with Crippen molar-refractivity contribution in [3.8, 4) is 22.8 Å². The molecule has 0 radical (unpaired) electrons. The van der Waals surface area contributed by atoms with Crippen LogP contribution in [0.1, 0.15) is 5.56 Å². The van der Waals surface area contributed by atoms with E-state index in [4.69, 9.17) is 9.47 Å². The first-order valence-electron chi connectivity index (χ1n) is 10.2. The first-order chi connectivity index (χ1) is 17.0. The number of hydrogen-bond donors (Lipinski definition) is 0. The number of nitro benzene ring substituents is 2. The molecule has 3 aromatic carbocycles. The van der Waals surface area contributed by atoms with Crippen molar-refractivity contribution in [2.45, 2.75) is 0 Å². The molecule has 0 fully saturated rings. The zero-order valence-corrected chi connectivity index (χ0v) is 18.6. The SMILES string of the molecule is O=[N+]([O-])c1cc2c(cc1C=Nn1c(-c3ccccc3)csc1=Nc1ccccc1[N+](=O)[O-])OCO2. The Morgan fingerprint density at radius 3 is 2.34 bits per heavy atom. The lowest BCUT2D eigenvalue weighted by Gasteiger charge is -2.04. The lowest BCUT2D eigenvalue weighted by atomic mass is 10.1. The monoisotopic (exact) mass is 489 g/mol. The first-order valence-corrected chi connectivity index (χ1v) is 11.1. The van der Waals surface area contributed by atoms with E-state index in [2.05, 4.69) is 10.1 Å². The lowest BCUT2D eigenvalue weighted by molar-refractivity contribution is -0.385. The summed E-state index contributed by atoms with van der Waals surface area (Å²) in [5.41, 5.74) is 1.50. The topological polar surface area (TPSA) is 134 Å². The molecule has 0 spiro atoms. The van der Waals surface area contributed by atoms with Crippen LogP contribution in [0.5, 0.6) is 11.5 Å². The van der Waals surface area contributed by atoms with E-state index in [0.717, 1.165) is 5.56 Å². The summed E-state index contributed by atoms with van der Waals surface area (Å²) >= 11 is 1.23. The Kier molecular flexibility index (Phi) is 5.77. The fourth-order valence-electron chi connectivity index (χ4n) is 3.44. The Balaban J connectivity index is 1.68. The second-order valence-corrected chi connectivity index (χ2v) is 8.04. The Labute approximate surface area is 201 Å². The van der Waals surface area contributed by atoms with E-state index in [-0.39, 0.29) is 35.2 Å². The summed E-state index contributed by atoms with van der Waals surface area (Å²) in [5, 5.41) is 29.4. The van der Waals surface area contributed by atoms with Crippen molar-refractivity contribution in [2.75, 3.05) is 6.79 Å². The highest BCUT2D eigenvalue weighted by Gasteiger charge is 2.23. The molecule has 1 aliphatic heterocycles. The van der Waals surface area contributed by atoms with Gasteiger partial charge in [0, 0.05) is 17.0 Å². The third kappa shape index (κ3) is 4.37. The minimum absolute atomic E-state index is 0.0244. The van der Waals surface area contributed by atoms with Crippen molar-refractivity contribution >= 4 is 34.6 Å². The predicted molar refractivity (Wildman–Crippen MR) is 128 cm³/mol. The van der Waals surface area contributed by atoms with Crippen LogP contribution in [-0.2, 0) is 0 Å². The quantitative estimate of drug-likeness (QED) is 0.215. The van der Waals surface area contributed by atoms with Gasteiger partial charge in [-0.25, -0.2) is 9.67 Å². The van der Waals surface area contributed by atoms with Gasteiger partial charge in [0.25, 0.3) is 11.4 Å². The third-order valence-corrected chi connectivity index (χ3v) is 5.90. The minimum Gasteiger partial charge on any atom is -0.454 e. The second-order valence-electron chi connectivity index (χ2n) is 7.20. The summed E-state index contributed by atoms with van der Waals surface area (Å²) in [6.45, 7) is -0.0244. The van der Waals surface area contributed by atoms with Crippen LogP contribution in [0.3, 0.4) is 0 Å². The summed E-state index contributed by atoms with van der Waals surface area (Å²) in [6.07, 6.45) is 1.33. The molecule has 0 atom stereocenters. The molecule has 0 amide bonds. The summed E-state index contributed by atoms with van der Waals surface area (Å²) in [7, 11) is 0. The van der Waals surface area contributed by atoms with Crippen LogP contribution in [0.4, 0.5) is 17.1 Å². The van der Waals surface area contributed by atoms with E-state index in [1.807, 2.05) is 35.7 Å². The van der Waals surface area contributed by atoms with Crippen LogP contribution in [0.25, 0.3) is 11.3 Å². The molecule has 4 aromatic rings. The van der Waals surface area contributed by atoms with E-state index < -0.39 is 9.85 Å². The number of rotatable bonds is 6. The average molecular weight is 489 g/mol. The second kappa shape index (κ2) is 9.19. The summed E-state index contributed by atoms with van der Waals surface area (Å²) in [6, 6.07) is 18.3. The Morgan fingerprint density at radius 1 is 0.914 bits per heavy atom. The van der Waals surface area contributed by atoms with Gasteiger partial charge in [0.1, 0.15) is 5.69 Å². The van der Waals surface area contributed by atoms with E-state index >= 15 is 0 Å². The molecule has 1 aromatic heterocycles. The summed E-state index contributed by atoms with van der Waals surface area (Å²) in [5.74, 6) is 0.662. The third-order valence-electron chi connectivity index (χ3n) is 5.08. The Bertz CT molecular complexity index is 1540. The van der Waals surface area contributed by atoms with Crippen molar-refractivity contribution in [1.82, 2.24) is 4.68 Å². The smallest absolute Gasteiger partial charge is 0.294 e. The number of benzene rings is 3. The highest BCUT2D eigenvalue weighted by Crippen LogP contribution is 2.37. The maximum Gasteiger partial charge on any atom is 0.294 e. The molecule has 11 nitrogen and oxygen atoms in total. The first kappa shape index (κ1) is 22.0. The molecule has 2 heterocycles. The van der Waals surface area contributed by atoms with Crippen molar-refractivity contribution in [2.24, 2.45) is 10.1 Å². The molecular formula is C23H15N5O6S. The minimum atomic E-state index is -0.529. The van der Waals surface area contributed by atoms with Crippen molar-refractivity contribution in [3.63, 3.8) is 0 Å². The van der Waals surface area contributed by atoms with Gasteiger partial charge < -0.3 is 9.47 Å². The van der Waals surface area contributed by atoms with Crippen molar-refractivity contribution < 1.29 is 19.3 Å². The molecule has 174 valence electrons. The van der Waals surface area contributed by atoms with Gasteiger partial charge >= 0.3 is 0 Å². The molecule has 0 N–H and O–H groups in total. The molecule has 0 saturated heterocycles. The van der Waals surface area contributed by atoms with E-state index in [1.165, 1.54) is 46.5 Å². The van der Waals surface area contributed by atoms with Crippen LogP contribution in [0, 0.1) is 20.2 Å². The standard InChI is InChI=1S/C23H15N5O6S/c29-27(30)18-9-5-4-8-17(18)25-23-26(20(13-35-23)15-6-2-1-3-7-15)24-12-16-10-21-22(34-14-33-21)11-19(16)28(31)32/h1-13H,14H2. The highest BCUT2D eigenvalue weighted by molar-refractivity contribution is 7.07. The number of hydrogen-bond acceptors (Lipinski definition) is 9. The highest BCUT2D eigenvalue weighted by atomic mass is 32.1. The van der Waals surface area contributed by atoms with Crippen LogP contribution in [-0.4, -0.2) is 27.5 Å². The van der Waals surface area contributed by atoms with Crippen LogP contribution in [0.2, 0.25) is 0 Å². The number of thiazole rings is 1. The average Bonchev–Trinajstić information content (AvgIpc) is 3.49. The molecule has 1 aliphatic rings. The van der Waals surface area contributed by atoms with Gasteiger partial charge in [0.05, 0.1) is 33.4 Å². The molecule has 0 aliphatic carbocycles. The molecule has 5 rings (SSSR count). The predicted octanol–water partition coefficient (Wildman–Crippen LogP) is 4.88. The van der Waals surface area contributed by atoms with Crippen molar-refractivity contribution in [3.05, 3.63) is 103 Å². The van der Waals surface area contributed by atoms with Gasteiger partial charge in [-0.05, 0) is 12.1 Å². The molecule has 0 saturated carbocycles. The van der Waals surface area contributed by atoms with Gasteiger partial charge in [-0.2, -0.15) is 5.10 Å². The summed E-state index contributed by atoms with van der Waals surface area (Å²) < 4.78 is 12.1. The van der Waals surface area contributed by atoms with Gasteiger partial charge in [0.15, 0.2) is 11.5 Å². The van der Waals surface area contributed by atoms with Crippen LogP contribution >= 0.6 is 11.3 Å². The fraction of sp³-hybridized carbons (Fsp3) is 0.0435. The number of para-hydroxylation sites is 2.